The first-order chi connectivity index (χ1) is 15.1. The smallest absolute Gasteiger partial charge is 0.291 e. The topological polar surface area (TPSA) is 59.8 Å². The molecule has 4 rings (SSSR count). The van der Waals surface area contributed by atoms with Crippen molar-refractivity contribution in [3.63, 3.8) is 0 Å². The fourth-order valence-electron chi connectivity index (χ4n) is 3.00. The van der Waals surface area contributed by atoms with Gasteiger partial charge >= 0.3 is 0 Å². The standard InChI is InChI=1S/C22H18F2N4OS2/c23-21(24)31-22-27-18-5-1-2-6-19(18)28(22)13-20(29)26-16-7-9-17(10-8-16)30-14-15-4-3-11-25-12-15/h1-12,21H,13-14H2,(H,26,29). The zero-order valence-corrected chi connectivity index (χ0v) is 17.9. The normalized spacial score (nSPS) is 11.2. The number of benzene rings is 2. The first kappa shape index (κ1) is 21.3. The van der Waals surface area contributed by atoms with Gasteiger partial charge in [0, 0.05) is 28.7 Å². The average molecular weight is 457 g/mol. The maximum Gasteiger partial charge on any atom is 0.291 e. The maximum atomic E-state index is 12.9. The van der Waals surface area contributed by atoms with Gasteiger partial charge in [-0.3, -0.25) is 9.78 Å². The van der Waals surface area contributed by atoms with E-state index < -0.39 is 5.76 Å². The average Bonchev–Trinajstić information content (AvgIpc) is 3.10. The number of fused-ring (bicyclic) bond motifs is 1. The van der Waals surface area contributed by atoms with E-state index in [1.165, 1.54) is 4.57 Å². The first-order valence-corrected chi connectivity index (χ1v) is 11.3. The van der Waals surface area contributed by atoms with E-state index in [0.717, 1.165) is 16.2 Å². The van der Waals surface area contributed by atoms with Gasteiger partial charge in [-0.1, -0.05) is 18.2 Å². The molecule has 0 spiro atoms. The highest BCUT2D eigenvalue weighted by atomic mass is 32.2. The number of para-hydroxylation sites is 2. The highest BCUT2D eigenvalue weighted by Crippen LogP contribution is 2.29. The Hall–Kier alpha value is -2.91. The Morgan fingerprint density at radius 3 is 2.61 bits per heavy atom. The molecule has 0 bridgehead atoms. The van der Waals surface area contributed by atoms with E-state index in [4.69, 9.17) is 0 Å². The summed E-state index contributed by atoms with van der Waals surface area (Å²) in [5.74, 6) is -2.12. The molecule has 0 aliphatic carbocycles. The van der Waals surface area contributed by atoms with Crippen molar-refractivity contribution in [1.82, 2.24) is 14.5 Å². The third-order valence-electron chi connectivity index (χ3n) is 4.38. The number of carbonyl (C=O) groups excluding carboxylic acids is 1. The molecular weight excluding hydrogens is 438 g/mol. The Labute approximate surface area is 186 Å². The minimum atomic E-state index is -2.62. The van der Waals surface area contributed by atoms with Crippen LogP contribution < -0.4 is 5.32 Å². The number of alkyl halides is 2. The van der Waals surface area contributed by atoms with E-state index in [0.29, 0.717) is 28.5 Å². The van der Waals surface area contributed by atoms with Gasteiger partial charge in [0.25, 0.3) is 5.76 Å². The highest BCUT2D eigenvalue weighted by Gasteiger charge is 2.17. The summed E-state index contributed by atoms with van der Waals surface area (Å²) in [5.41, 5.74) is 2.99. The Bertz CT molecular complexity index is 1170. The lowest BCUT2D eigenvalue weighted by Crippen LogP contribution is -2.19. The number of rotatable bonds is 8. The second kappa shape index (κ2) is 9.93. The molecule has 0 radical (unpaired) electrons. The van der Waals surface area contributed by atoms with Crippen molar-refractivity contribution in [3.8, 4) is 0 Å². The van der Waals surface area contributed by atoms with Crippen LogP contribution in [0.15, 0.2) is 83.1 Å². The van der Waals surface area contributed by atoms with Gasteiger partial charge in [0.15, 0.2) is 5.16 Å². The Balaban J connectivity index is 1.41. The van der Waals surface area contributed by atoms with Crippen LogP contribution in [0, 0.1) is 0 Å². The molecule has 0 unspecified atom stereocenters. The van der Waals surface area contributed by atoms with Crippen LogP contribution >= 0.6 is 23.5 Å². The molecule has 0 atom stereocenters. The van der Waals surface area contributed by atoms with Crippen LogP contribution in [0.5, 0.6) is 0 Å². The molecule has 2 aromatic carbocycles. The van der Waals surface area contributed by atoms with E-state index in [-0.39, 0.29) is 17.6 Å². The van der Waals surface area contributed by atoms with Gasteiger partial charge in [-0.05, 0) is 59.8 Å². The van der Waals surface area contributed by atoms with Crippen molar-refractivity contribution < 1.29 is 13.6 Å². The van der Waals surface area contributed by atoms with Crippen LogP contribution in [-0.2, 0) is 17.1 Å². The lowest BCUT2D eigenvalue weighted by atomic mass is 10.3. The molecule has 4 aromatic rings. The van der Waals surface area contributed by atoms with Gasteiger partial charge in [0.2, 0.25) is 5.91 Å². The van der Waals surface area contributed by atoms with Crippen molar-refractivity contribution in [1.29, 1.82) is 0 Å². The largest absolute Gasteiger partial charge is 0.325 e. The number of carbonyl (C=O) groups is 1. The molecule has 0 saturated carbocycles. The van der Waals surface area contributed by atoms with Gasteiger partial charge in [-0.2, -0.15) is 8.78 Å². The number of anilines is 1. The molecule has 2 aromatic heterocycles. The van der Waals surface area contributed by atoms with E-state index in [9.17, 15) is 13.6 Å². The summed E-state index contributed by atoms with van der Waals surface area (Å²) in [7, 11) is 0. The Morgan fingerprint density at radius 1 is 1.06 bits per heavy atom. The van der Waals surface area contributed by atoms with Crippen LogP contribution in [0.1, 0.15) is 5.56 Å². The number of imidazole rings is 1. The SMILES string of the molecule is O=C(Cn1c(SC(F)F)nc2ccccc21)Nc1ccc(SCc2cccnc2)cc1. The zero-order chi connectivity index (χ0) is 21.6. The number of hydrogen-bond donors (Lipinski definition) is 1. The lowest BCUT2D eigenvalue weighted by molar-refractivity contribution is -0.116. The van der Waals surface area contributed by atoms with Crippen molar-refractivity contribution >= 4 is 46.2 Å². The number of nitrogens with zero attached hydrogens (tertiary/aromatic N) is 3. The molecular formula is C22H18F2N4OS2. The minimum Gasteiger partial charge on any atom is -0.325 e. The third-order valence-corrected chi connectivity index (χ3v) is 6.17. The van der Waals surface area contributed by atoms with Crippen LogP contribution in [-0.4, -0.2) is 26.2 Å². The Morgan fingerprint density at radius 2 is 1.87 bits per heavy atom. The molecule has 9 heteroatoms. The number of aromatic nitrogens is 3. The maximum absolute atomic E-state index is 12.9. The lowest BCUT2D eigenvalue weighted by Gasteiger charge is -2.10. The molecule has 2 heterocycles. The van der Waals surface area contributed by atoms with Gasteiger partial charge in [0.1, 0.15) is 6.54 Å². The molecule has 0 aliphatic rings. The molecule has 5 nitrogen and oxygen atoms in total. The summed E-state index contributed by atoms with van der Waals surface area (Å²) in [5, 5.41) is 2.94. The van der Waals surface area contributed by atoms with Crippen molar-refractivity contribution in [2.75, 3.05) is 5.32 Å². The van der Waals surface area contributed by atoms with Gasteiger partial charge in [-0.15, -0.1) is 11.8 Å². The van der Waals surface area contributed by atoms with Crippen LogP contribution in [0.2, 0.25) is 0 Å². The monoisotopic (exact) mass is 456 g/mol. The van der Waals surface area contributed by atoms with Gasteiger partial charge in [0.05, 0.1) is 11.0 Å². The summed E-state index contributed by atoms with van der Waals surface area (Å²) < 4.78 is 27.4. The number of hydrogen-bond acceptors (Lipinski definition) is 5. The van der Waals surface area contributed by atoms with Gasteiger partial charge < -0.3 is 9.88 Å². The summed E-state index contributed by atoms with van der Waals surface area (Å²) in [4.78, 5) is 22.0. The van der Waals surface area contributed by atoms with E-state index in [1.54, 1.807) is 42.2 Å². The summed E-state index contributed by atoms with van der Waals surface area (Å²) >= 11 is 2.01. The summed E-state index contributed by atoms with van der Waals surface area (Å²) in [6.07, 6.45) is 3.58. The molecule has 158 valence electrons. The molecule has 1 N–H and O–H groups in total. The quantitative estimate of drug-likeness (QED) is 0.346. The first-order valence-electron chi connectivity index (χ1n) is 9.40. The number of nitrogens with one attached hydrogen (secondary N) is 1. The predicted molar refractivity (Wildman–Crippen MR) is 120 cm³/mol. The summed E-state index contributed by atoms with van der Waals surface area (Å²) in [6, 6.07) is 18.5. The number of thioether (sulfide) groups is 2. The minimum absolute atomic E-state index is 0.104. The third kappa shape index (κ3) is 5.62. The predicted octanol–water partition coefficient (Wildman–Crippen LogP) is 5.68. The summed E-state index contributed by atoms with van der Waals surface area (Å²) in [6.45, 7) is -0.104. The fraction of sp³-hybridized carbons (Fsp3) is 0.136. The van der Waals surface area contributed by atoms with Crippen molar-refractivity contribution in [3.05, 3.63) is 78.6 Å². The Kier molecular flexibility index (Phi) is 6.83. The molecule has 0 saturated heterocycles. The molecule has 0 aliphatic heterocycles. The fourth-order valence-corrected chi connectivity index (χ4v) is 4.44. The molecule has 31 heavy (non-hydrogen) atoms. The zero-order valence-electron chi connectivity index (χ0n) is 16.2. The van der Waals surface area contributed by atoms with Crippen LogP contribution in [0.3, 0.4) is 0 Å². The van der Waals surface area contributed by atoms with Crippen molar-refractivity contribution in [2.24, 2.45) is 0 Å². The number of amides is 1. The van der Waals surface area contributed by atoms with E-state index >= 15 is 0 Å². The van der Waals surface area contributed by atoms with Gasteiger partial charge in [-0.25, -0.2) is 4.98 Å². The second-order valence-electron chi connectivity index (χ2n) is 6.57. The number of halogens is 2. The van der Waals surface area contributed by atoms with E-state index in [1.807, 2.05) is 42.6 Å². The molecule has 1 amide bonds. The molecule has 0 fully saturated rings. The van der Waals surface area contributed by atoms with Crippen LogP contribution in [0.4, 0.5) is 14.5 Å². The highest BCUT2D eigenvalue weighted by molar-refractivity contribution is 7.99. The van der Waals surface area contributed by atoms with Crippen molar-refractivity contribution in [2.45, 2.75) is 28.1 Å². The van der Waals surface area contributed by atoms with Crippen LogP contribution in [0.25, 0.3) is 11.0 Å². The van der Waals surface area contributed by atoms with E-state index in [2.05, 4.69) is 15.3 Å². The second-order valence-corrected chi connectivity index (χ2v) is 8.58. The number of pyridine rings is 1.